The zero-order valence-corrected chi connectivity index (χ0v) is 24.1. The fourth-order valence-corrected chi connectivity index (χ4v) is 9.02. The van der Waals surface area contributed by atoms with Crippen molar-refractivity contribution in [2.75, 3.05) is 19.3 Å². The molecule has 3 aromatic rings. The highest BCUT2D eigenvalue weighted by atomic mass is 31.2. The second-order valence-corrected chi connectivity index (χ2v) is 14.2. The molecule has 0 aliphatic rings. The molecule has 196 valence electrons. The molecule has 0 heterocycles. The Labute approximate surface area is 224 Å². The Morgan fingerprint density at radius 3 is 1.65 bits per heavy atom. The van der Waals surface area contributed by atoms with E-state index in [-0.39, 0.29) is 6.09 Å². The first kappa shape index (κ1) is 28.7. The van der Waals surface area contributed by atoms with Gasteiger partial charge in [0, 0.05) is 13.1 Å². The minimum atomic E-state index is -1.85. The van der Waals surface area contributed by atoms with E-state index in [1.54, 1.807) is 0 Å². The van der Waals surface area contributed by atoms with Crippen LogP contribution >= 0.6 is 7.26 Å². The standard InChI is InChI=1S/C33H43NO2P/c1-6-28(2)24-26-34(32(35)36-33(3,4)5)25-16-17-27-37(29-18-10-7-11-19-29,30-20-12-8-13-21-30)31-22-14-9-15-23-31/h6-15,18-23H,16-17,24-27H2,1-5H3/q+1/b28-6+. The third-order valence-corrected chi connectivity index (χ3v) is 11.2. The monoisotopic (exact) mass is 516 g/mol. The Kier molecular flexibility index (Phi) is 10.5. The molecule has 0 aliphatic heterocycles. The predicted octanol–water partition coefficient (Wildman–Crippen LogP) is 7.35. The summed E-state index contributed by atoms with van der Waals surface area (Å²) in [5, 5.41) is 4.21. The van der Waals surface area contributed by atoms with Gasteiger partial charge in [-0.1, -0.05) is 66.2 Å². The topological polar surface area (TPSA) is 29.5 Å². The molecule has 0 spiro atoms. The zero-order valence-electron chi connectivity index (χ0n) is 23.2. The molecular formula is C33H43NO2P+. The summed E-state index contributed by atoms with van der Waals surface area (Å²) in [4.78, 5) is 14.9. The molecule has 0 saturated heterocycles. The van der Waals surface area contributed by atoms with Gasteiger partial charge in [0.05, 0.1) is 6.16 Å². The molecule has 3 rings (SSSR count). The normalized spacial score (nSPS) is 12.3. The lowest BCUT2D eigenvalue weighted by Crippen LogP contribution is -2.38. The number of hydrogen-bond acceptors (Lipinski definition) is 2. The number of carbonyl (C=O) groups is 1. The van der Waals surface area contributed by atoms with Crippen molar-refractivity contribution in [3.05, 3.63) is 103 Å². The molecule has 0 unspecified atom stereocenters. The highest BCUT2D eigenvalue weighted by molar-refractivity contribution is 7.95. The lowest BCUT2D eigenvalue weighted by Gasteiger charge is -2.29. The average Bonchev–Trinajstić information content (AvgIpc) is 2.90. The van der Waals surface area contributed by atoms with Gasteiger partial charge in [-0.05, 0) is 90.3 Å². The van der Waals surface area contributed by atoms with E-state index in [1.807, 2.05) is 32.6 Å². The quantitative estimate of drug-likeness (QED) is 0.151. The number of ether oxygens (including phenoxy) is 1. The number of amides is 1. The summed E-state index contributed by atoms with van der Waals surface area (Å²) >= 11 is 0. The molecule has 0 saturated carbocycles. The van der Waals surface area contributed by atoms with E-state index >= 15 is 0 Å². The van der Waals surface area contributed by atoms with Crippen molar-refractivity contribution >= 4 is 29.3 Å². The number of allylic oxidation sites excluding steroid dienone is 1. The predicted molar refractivity (Wildman–Crippen MR) is 161 cm³/mol. The average molecular weight is 517 g/mol. The number of nitrogens with zero attached hydrogens (tertiary/aromatic N) is 1. The van der Waals surface area contributed by atoms with Crippen LogP contribution in [0.5, 0.6) is 0 Å². The van der Waals surface area contributed by atoms with E-state index in [0.717, 1.165) is 25.4 Å². The fraction of sp³-hybridized carbons (Fsp3) is 0.364. The fourth-order valence-electron chi connectivity index (χ4n) is 4.61. The van der Waals surface area contributed by atoms with E-state index in [1.165, 1.54) is 21.5 Å². The number of carbonyl (C=O) groups excluding carboxylic acids is 1. The van der Waals surface area contributed by atoms with E-state index in [2.05, 4.69) is 104 Å². The van der Waals surface area contributed by atoms with E-state index in [0.29, 0.717) is 13.1 Å². The third kappa shape index (κ3) is 8.04. The minimum Gasteiger partial charge on any atom is -0.444 e. The van der Waals surface area contributed by atoms with Crippen molar-refractivity contribution in [3.63, 3.8) is 0 Å². The van der Waals surface area contributed by atoms with Crippen molar-refractivity contribution in [3.8, 4) is 0 Å². The van der Waals surface area contributed by atoms with Crippen molar-refractivity contribution < 1.29 is 9.53 Å². The van der Waals surface area contributed by atoms with Crippen molar-refractivity contribution in [1.82, 2.24) is 4.90 Å². The van der Waals surface area contributed by atoms with E-state index in [4.69, 9.17) is 4.74 Å². The maximum Gasteiger partial charge on any atom is 0.410 e. The van der Waals surface area contributed by atoms with Gasteiger partial charge >= 0.3 is 6.09 Å². The van der Waals surface area contributed by atoms with Crippen LogP contribution < -0.4 is 15.9 Å². The molecule has 3 nitrogen and oxygen atoms in total. The molecule has 0 atom stereocenters. The van der Waals surface area contributed by atoms with Gasteiger partial charge in [0.2, 0.25) is 0 Å². The van der Waals surface area contributed by atoms with Crippen LogP contribution in [0.2, 0.25) is 0 Å². The highest BCUT2D eigenvalue weighted by Crippen LogP contribution is 2.55. The summed E-state index contributed by atoms with van der Waals surface area (Å²) in [6, 6.07) is 33.0. The van der Waals surface area contributed by atoms with Crippen LogP contribution in [0.15, 0.2) is 103 Å². The smallest absolute Gasteiger partial charge is 0.410 e. The number of rotatable bonds is 11. The van der Waals surface area contributed by atoms with Crippen molar-refractivity contribution in [1.29, 1.82) is 0 Å². The van der Waals surface area contributed by atoms with Crippen LogP contribution in [-0.4, -0.2) is 35.8 Å². The molecule has 0 radical (unpaired) electrons. The lowest BCUT2D eigenvalue weighted by molar-refractivity contribution is 0.0250. The summed E-state index contributed by atoms with van der Waals surface area (Å²) < 4.78 is 5.75. The maximum absolute atomic E-state index is 13.0. The molecular weight excluding hydrogens is 473 g/mol. The van der Waals surface area contributed by atoms with E-state index in [9.17, 15) is 4.79 Å². The van der Waals surface area contributed by atoms with Gasteiger partial charge in [-0.2, -0.15) is 0 Å². The van der Waals surface area contributed by atoms with Crippen LogP contribution in [0.4, 0.5) is 4.79 Å². The summed E-state index contributed by atoms with van der Waals surface area (Å²) in [6.07, 6.45) is 5.78. The van der Waals surface area contributed by atoms with Crippen LogP contribution in [0, 0.1) is 0 Å². The molecule has 3 aromatic carbocycles. The van der Waals surface area contributed by atoms with Gasteiger partial charge in [-0.3, -0.25) is 0 Å². The Morgan fingerprint density at radius 1 is 0.784 bits per heavy atom. The SMILES string of the molecule is C/C=C(\C)CCN(CCCC[P+](c1ccccc1)(c1ccccc1)c1ccccc1)C(=O)OC(C)(C)C. The molecule has 0 fully saturated rings. The Morgan fingerprint density at radius 2 is 1.24 bits per heavy atom. The second-order valence-electron chi connectivity index (χ2n) is 10.6. The van der Waals surface area contributed by atoms with Crippen molar-refractivity contribution in [2.24, 2.45) is 0 Å². The van der Waals surface area contributed by atoms with Gasteiger partial charge in [-0.15, -0.1) is 0 Å². The number of benzene rings is 3. The van der Waals surface area contributed by atoms with Gasteiger partial charge < -0.3 is 9.64 Å². The van der Waals surface area contributed by atoms with Gasteiger partial charge in [0.15, 0.2) is 0 Å². The second kappa shape index (κ2) is 13.6. The molecule has 1 amide bonds. The first-order chi connectivity index (χ1) is 17.8. The molecule has 0 aromatic heterocycles. The van der Waals surface area contributed by atoms with Crippen LogP contribution in [0.25, 0.3) is 0 Å². The van der Waals surface area contributed by atoms with E-state index < -0.39 is 12.9 Å². The molecule has 0 aliphatic carbocycles. The zero-order chi connectivity index (χ0) is 26.7. The molecule has 0 bridgehead atoms. The first-order valence-electron chi connectivity index (χ1n) is 13.4. The van der Waals surface area contributed by atoms with Gasteiger partial charge in [0.1, 0.15) is 28.8 Å². The Hall–Kier alpha value is -2.90. The summed E-state index contributed by atoms with van der Waals surface area (Å²) in [5.74, 6) is 0. The Bertz CT molecular complexity index is 1020. The maximum atomic E-state index is 13.0. The van der Waals surface area contributed by atoms with Crippen molar-refractivity contribution in [2.45, 2.75) is 59.5 Å². The van der Waals surface area contributed by atoms with Gasteiger partial charge in [0.25, 0.3) is 0 Å². The lowest BCUT2D eigenvalue weighted by atomic mass is 10.2. The van der Waals surface area contributed by atoms with Gasteiger partial charge in [-0.25, -0.2) is 4.79 Å². The van der Waals surface area contributed by atoms with Crippen LogP contribution in [0.1, 0.15) is 53.9 Å². The third-order valence-electron chi connectivity index (χ3n) is 6.68. The highest BCUT2D eigenvalue weighted by Gasteiger charge is 2.44. The van der Waals surface area contributed by atoms with Crippen LogP contribution in [0.3, 0.4) is 0 Å². The summed E-state index contributed by atoms with van der Waals surface area (Å²) in [5.41, 5.74) is 0.787. The van der Waals surface area contributed by atoms with Crippen LogP contribution in [-0.2, 0) is 4.74 Å². The largest absolute Gasteiger partial charge is 0.444 e. The molecule has 0 N–H and O–H groups in total. The Balaban J connectivity index is 1.85. The first-order valence-corrected chi connectivity index (χ1v) is 15.4. The molecule has 37 heavy (non-hydrogen) atoms. The summed E-state index contributed by atoms with van der Waals surface area (Å²) in [7, 11) is -1.85. The molecule has 4 heteroatoms. The minimum absolute atomic E-state index is 0.216. The number of hydrogen-bond donors (Lipinski definition) is 0. The summed E-state index contributed by atoms with van der Waals surface area (Å²) in [6.45, 7) is 11.3. The number of unbranched alkanes of at least 4 members (excludes halogenated alkanes) is 1.